The molecule has 7 nitrogen and oxygen atoms in total. The van der Waals surface area contributed by atoms with Gasteiger partial charge in [-0.1, -0.05) is 41.9 Å². The fraction of sp³-hybridized carbons (Fsp3) is 0.227. The molecule has 1 aliphatic rings. The van der Waals surface area contributed by atoms with E-state index in [4.69, 9.17) is 11.6 Å². The van der Waals surface area contributed by atoms with Crippen LogP contribution in [0.1, 0.15) is 18.4 Å². The van der Waals surface area contributed by atoms with E-state index >= 15 is 0 Å². The molecule has 0 unspecified atom stereocenters. The Bertz CT molecular complexity index is 1290. The fourth-order valence-corrected chi connectivity index (χ4v) is 6.17. The van der Waals surface area contributed by atoms with Gasteiger partial charge in [-0.3, -0.25) is 4.79 Å². The molecular formula is C22H19ClN4O3S2. The van der Waals surface area contributed by atoms with Crippen LogP contribution in [0.15, 0.2) is 58.8 Å². The van der Waals surface area contributed by atoms with E-state index in [1.165, 1.54) is 27.8 Å². The highest BCUT2D eigenvalue weighted by molar-refractivity contribution is 7.89. The summed E-state index contributed by atoms with van der Waals surface area (Å²) in [6.45, 7) is 0.422. The van der Waals surface area contributed by atoms with E-state index in [1.807, 2.05) is 29.6 Å². The summed E-state index contributed by atoms with van der Waals surface area (Å²) < 4.78 is 27.2. The lowest BCUT2D eigenvalue weighted by Crippen LogP contribution is -2.41. The number of halogens is 1. The molecule has 3 aromatic rings. The highest BCUT2D eigenvalue weighted by Crippen LogP contribution is 2.31. The maximum Gasteiger partial charge on any atom is 0.244 e. The van der Waals surface area contributed by atoms with Crippen molar-refractivity contribution in [3.05, 3.63) is 64.5 Å². The molecule has 1 amide bonds. The van der Waals surface area contributed by atoms with E-state index in [2.05, 4.69) is 10.3 Å². The number of hydrogen-bond acceptors (Lipinski definition) is 6. The first-order chi connectivity index (χ1) is 15.4. The van der Waals surface area contributed by atoms with Gasteiger partial charge in [0.1, 0.15) is 6.07 Å². The maximum absolute atomic E-state index is 13.0. The molecule has 1 N–H and O–H groups in total. The number of rotatable bonds is 5. The predicted molar refractivity (Wildman–Crippen MR) is 124 cm³/mol. The number of benzene rings is 2. The quantitative estimate of drug-likeness (QED) is 0.576. The van der Waals surface area contributed by atoms with Gasteiger partial charge in [0.2, 0.25) is 15.9 Å². The Morgan fingerprint density at radius 2 is 1.84 bits per heavy atom. The molecule has 2 heterocycles. The second kappa shape index (κ2) is 9.38. The van der Waals surface area contributed by atoms with Gasteiger partial charge in [0, 0.05) is 35.0 Å². The maximum atomic E-state index is 13.0. The molecule has 1 saturated heterocycles. The van der Waals surface area contributed by atoms with Gasteiger partial charge in [-0.25, -0.2) is 13.4 Å². The van der Waals surface area contributed by atoms with Crippen LogP contribution in [0.4, 0.5) is 5.13 Å². The minimum atomic E-state index is -3.79. The summed E-state index contributed by atoms with van der Waals surface area (Å²) in [5, 5.41) is 15.0. The molecule has 1 aliphatic heterocycles. The van der Waals surface area contributed by atoms with Crippen molar-refractivity contribution in [2.45, 2.75) is 17.7 Å². The Morgan fingerprint density at radius 1 is 1.16 bits per heavy atom. The van der Waals surface area contributed by atoms with Crippen LogP contribution in [0.25, 0.3) is 11.3 Å². The third kappa shape index (κ3) is 4.54. The summed E-state index contributed by atoms with van der Waals surface area (Å²) in [6, 6.07) is 15.4. The van der Waals surface area contributed by atoms with Crippen LogP contribution in [-0.2, 0) is 14.8 Å². The van der Waals surface area contributed by atoms with Gasteiger partial charge >= 0.3 is 0 Å². The van der Waals surface area contributed by atoms with Crippen molar-refractivity contribution in [3.8, 4) is 17.3 Å². The summed E-state index contributed by atoms with van der Waals surface area (Å²) in [7, 11) is -3.79. The van der Waals surface area contributed by atoms with E-state index in [0.717, 1.165) is 5.56 Å². The monoisotopic (exact) mass is 486 g/mol. The van der Waals surface area contributed by atoms with Crippen LogP contribution < -0.4 is 5.32 Å². The Labute approximate surface area is 195 Å². The number of thiazole rings is 1. The third-order valence-electron chi connectivity index (χ3n) is 5.33. The standard InChI is InChI=1S/C22H19ClN4O3S2/c23-18-7-3-2-6-17(18)19-14-31-22(25-19)26-21(28)15-9-11-27(12-10-15)32(29,30)20-8-4-1-5-16(20)13-24/h1-8,14-15H,9-12H2,(H,25,26,28). The van der Waals surface area contributed by atoms with E-state index in [1.54, 1.807) is 18.2 Å². The number of aromatic nitrogens is 1. The first kappa shape index (κ1) is 22.4. The molecule has 2 aromatic carbocycles. The smallest absolute Gasteiger partial charge is 0.244 e. The van der Waals surface area contributed by atoms with Gasteiger partial charge in [-0.2, -0.15) is 9.57 Å². The van der Waals surface area contributed by atoms with E-state index in [0.29, 0.717) is 28.7 Å². The van der Waals surface area contributed by atoms with Crippen LogP contribution >= 0.6 is 22.9 Å². The van der Waals surface area contributed by atoms with Crippen molar-refractivity contribution in [1.29, 1.82) is 5.26 Å². The molecule has 0 bridgehead atoms. The number of nitrogens with zero attached hydrogens (tertiary/aromatic N) is 3. The molecule has 10 heteroatoms. The van der Waals surface area contributed by atoms with Crippen molar-refractivity contribution in [2.24, 2.45) is 5.92 Å². The lowest BCUT2D eigenvalue weighted by molar-refractivity contribution is -0.120. The molecule has 1 aromatic heterocycles. The highest BCUT2D eigenvalue weighted by Gasteiger charge is 2.33. The van der Waals surface area contributed by atoms with Crippen LogP contribution in [0.5, 0.6) is 0 Å². The first-order valence-corrected chi connectivity index (χ1v) is 12.6. The Hall–Kier alpha value is -2.77. The second-order valence-electron chi connectivity index (χ2n) is 7.29. The van der Waals surface area contributed by atoms with Crippen molar-refractivity contribution in [1.82, 2.24) is 9.29 Å². The second-order valence-corrected chi connectivity index (χ2v) is 10.5. The molecule has 164 valence electrons. The summed E-state index contributed by atoms with van der Waals surface area (Å²) in [6.07, 6.45) is 0.783. The number of carbonyl (C=O) groups is 1. The van der Waals surface area contributed by atoms with Gasteiger partial charge in [0.25, 0.3) is 0 Å². The molecule has 1 fully saturated rings. The van der Waals surface area contributed by atoms with Crippen LogP contribution in [-0.4, -0.2) is 36.7 Å². The molecule has 0 aliphatic carbocycles. The van der Waals surface area contributed by atoms with E-state index < -0.39 is 10.0 Å². The average Bonchev–Trinajstić information content (AvgIpc) is 3.27. The molecule has 4 rings (SSSR count). The summed E-state index contributed by atoms with van der Waals surface area (Å²) in [4.78, 5) is 17.2. The predicted octanol–water partition coefficient (Wildman–Crippen LogP) is 4.37. The van der Waals surface area contributed by atoms with Crippen LogP contribution in [0, 0.1) is 17.2 Å². The van der Waals surface area contributed by atoms with Crippen molar-refractivity contribution in [3.63, 3.8) is 0 Å². The molecule has 0 radical (unpaired) electrons. The van der Waals surface area contributed by atoms with Gasteiger partial charge < -0.3 is 5.32 Å². The summed E-state index contributed by atoms with van der Waals surface area (Å²) in [5.74, 6) is -0.500. The molecule has 32 heavy (non-hydrogen) atoms. The van der Waals surface area contributed by atoms with Crippen molar-refractivity contribution in [2.75, 3.05) is 18.4 Å². The van der Waals surface area contributed by atoms with Gasteiger partial charge in [0.05, 0.1) is 16.2 Å². The minimum Gasteiger partial charge on any atom is -0.302 e. The summed E-state index contributed by atoms with van der Waals surface area (Å²) >= 11 is 7.53. The van der Waals surface area contributed by atoms with Gasteiger partial charge in [-0.05, 0) is 31.0 Å². The third-order valence-corrected chi connectivity index (χ3v) is 8.38. The zero-order chi connectivity index (χ0) is 22.7. The Balaban J connectivity index is 1.39. The molecule has 0 spiro atoms. The van der Waals surface area contributed by atoms with Crippen LogP contribution in [0.2, 0.25) is 5.02 Å². The van der Waals surface area contributed by atoms with Crippen molar-refractivity contribution >= 4 is 44.0 Å². The molecular weight excluding hydrogens is 468 g/mol. The number of nitriles is 1. The number of amides is 1. The largest absolute Gasteiger partial charge is 0.302 e. The minimum absolute atomic E-state index is 0.000268. The summed E-state index contributed by atoms with van der Waals surface area (Å²) in [5.41, 5.74) is 1.60. The fourth-order valence-electron chi connectivity index (χ4n) is 3.61. The Kier molecular flexibility index (Phi) is 6.58. The zero-order valence-corrected chi connectivity index (χ0v) is 19.3. The molecule has 0 saturated carbocycles. The lowest BCUT2D eigenvalue weighted by Gasteiger charge is -2.30. The van der Waals surface area contributed by atoms with E-state index in [-0.39, 0.29) is 35.4 Å². The van der Waals surface area contributed by atoms with Crippen molar-refractivity contribution < 1.29 is 13.2 Å². The van der Waals surface area contributed by atoms with Gasteiger partial charge in [-0.15, -0.1) is 11.3 Å². The SMILES string of the molecule is N#Cc1ccccc1S(=O)(=O)N1CCC(C(=O)Nc2nc(-c3ccccc3Cl)cs2)CC1. The lowest BCUT2D eigenvalue weighted by atomic mass is 9.97. The highest BCUT2D eigenvalue weighted by atomic mass is 35.5. The number of nitrogens with one attached hydrogen (secondary N) is 1. The average molecular weight is 487 g/mol. The number of sulfonamides is 1. The number of piperidine rings is 1. The zero-order valence-electron chi connectivity index (χ0n) is 16.9. The van der Waals surface area contributed by atoms with E-state index in [9.17, 15) is 18.5 Å². The number of anilines is 1. The normalized spacial score (nSPS) is 15.2. The first-order valence-electron chi connectivity index (χ1n) is 9.90. The van der Waals surface area contributed by atoms with Crippen LogP contribution in [0.3, 0.4) is 0 Å². The molecule has 0 atom stereocenters. The Morgan fingerprint density at radius 3 is 2.56 bits per heavy atom. The van der Waals surface area contributed by atoms with Gasteiger partial charge in [0.15, 0.2) is 5.13 Å². The topological polar surface area (TPSA) is 103 Å². The number of carbonyl (C=O) groups excluding carboxylic acids is 1. The number of hydrogen-bond donors (Lipinski definition) is 1.